The summed E-state index contributed by atoms with van der Waals surface area (Å²) in [5, 5.41) is 3.04. The molecule has 0 aromatic heterocycles. The second-order valence-corrected chi connectivity index (χ2v) is 4.97. The maximum absolute atomic E-state index is 11.9. The first-order valence-corrected chi connectivity index (χ1v) is 6.10. The van der Waals surface area contributed by atoms with E-state index in [4.69, 9.17) is 5.73 Å². The van der Waals surface area contributed by atoms with Crippen LogP contribution in [0.25, 0.3) is 0 Å². The fraction of sp³-hybridized carbons (Fsp3) is 0.917. The molecule has 1 saturated carbocycles. The summed E-state index contributed by atoms with van der Waals surface area (Å²) < 4.78 is 0. The Morgan fingerprint density at radius 1 is 1.53 bits per heavy atom. The number of hydrogen-bond acceptors (Lipinski definition) is 2. The quantitative estimate of drug-likeness (QED) is 0.747. The molecule has 0 heterocycles. The van der Waals surface area contributed by atoms with Crippen molar-refractivity contribution in [3.63, 3.8) is 0 Å². The molecule has 0 aliphatic heterocycles. The number of carbonyl (C=O) groups is 1. The minimum absolute atomic E-state index is 0.144. The number of rotatable bonds is 3. The lowest BCUT2D eigenvalue weighted by atomic mass is 9.79. The Morgan fingerprint density at radius 3 is 2.73 bits per heavy atom. The molecule has 3 N–H and O–H groups in total. The van der Waals surface area contributed by atoms with E-state index < -0.39 is 0 Å². The molecule has 1 rings (SSSR count). The van der Waals surface area contributed by atoms with Crippen molar-refractivity contribution in [1.29, 1.82) is 0 Å². The smallest absolute Gasteiger partial charge is 0.223 e. The third kappa shape index (κ3) is 3.49. The Labute approximate surface area is 92.8 Å². The van der Waals surface area contributed by atoms with Crippen LogP contribution >= 0.6 is 0 Å². The van der Waals surface area contributed by atoms with E-state index in [1.165, 1.54) is 0 Å². The Hall–Kier alpha value is -0.570. The summed E-state index contributed by atoms with van der Waals surface area (Å²) in [6, 6.07) is 0.486. The highest BCUT2D eigenvalue weighted by Gasteiger charge is 2.29. The molecule has 15 heavy (non-hydrogen) atoms. The van der Waals surface area contributed by atoms with E-state index in [0.29, 0.717) is 5.92 Å². The molecule has 0 aromatic rings. The van der Waals surface area contributed by atoms with E-state index in [0.717, 1.165) is 25.7 Å². The van der Waals surface area contributed by atoms with Gasteiger partial charge in [-0.25, -0.2) is 0 Å². The van der Waals surface area contributed by atoms with Crippen molar-refractivity contribution in [2.24, 2.45) is 17.6 Å². The van der Waals surface area contributed by atoms with E-state index >= 15 is 0 Å². The Morgan fingerprint density at radius 2 is 2.20 bits per heavy atom. The fourth-order valence-electron chi connectivity index (χ4n) is 2.06. The number of carbonyl (C=O) groups excluding carboxylic acids is 1. The number of amides is 1. The lowest BCUT2D eigenvalue weighted by molar-refractivity contribution is -0.127. The molecule has 1 aliphatic rings. The van der Waals surface area contributed by atoms with Crippen molar-refractivity contribution >= 4 is 5.91 Å². The third-order valence-corrected chi connectivity index (χ3v) is 3.63. The summed E-state index contributed by atoms with van der Waals surface area (Å²) >= 11 is 0. The van der Waals surface area contributed by atoms with Gasteiger partial charge in [-0.05, 0) is 38.5 Å². The molecule has 1 aliphatic carbocycles. The van der Waals surface area contributed by atoms with Crippen LogP contribution in [0.4, 0.5) is 0 Å². The van der Waals surface area contributed by atoms with Crippen LogP contribution < -0.4 is 11.1 Å². The van der Waals surface area contributed by atoms with Crippen molar-refractivity contribution in [3.05, 3.63) is 0 Å². The molecule has 0 aromatic carbocycles. The Balaban J connectivity index is 2.40. The van der Waals surface area contributed by atoms with Crippen LogP contribution in [0.3, 0.4) is 0 Å². The third-order valence-electron chi connectivity index (χ3n) is 3.63. The fourth-order valence-corrected chi connectivity index (χ4v) is 2.06. The van der Waals surface area contributed by atoms with Gasteiger partial charge in [0, 0.05) is 18.0 Å². The molecule has 0 radical (unpaired) electrons. The van der Waals surface area contributed by atoms with E-state index in [1.54, 1.807) is 0 Å². The molecule has 3 heteroatoms. The molecule has 4 atom stereocenters. The largest absolute Gasteiger partial charge is 0.353 e. The summed E-state index contributed by atoms with van der Waals surface area (Å²) in [5.41, 5.74) is 5.99. The van der Waals surface area contributed by atoms with E-state index in [9.17, 15) is 4.79 Å². The summed E-state index contributed by atoms with van der Waals surface area (Å²) in [5.74, 6) is 0.912. The number of nitrogens with one attached hydrogen (secondary N) is 1. The topological polar surface area (TPSA) is 55.1 Å². The van der Waals surface area contributed by atoms with Gasteiger partial charge in [0.15, 0.2) is 0 Å². The summed E-state index contributed by atoms with van der Waals surface area (Å²) in [6.07, 6.45) is 3.92. The maximum Gasteiger partial charge on any atom is 0.223 e. The molecule has 0 spiro atoms. The summed E-state index contributed by atoms with van der Waals surface area (Å²) in [7, 11) is 0. The van der Waals surface area contributed by atoms with Crippen LogP contribution in [-0.4, -0.2) is 18.0 Å². The van der Waals surface area contributed by atoms with E-state index in [2.05, 4.69) is 19.2 Å². The highest BCUT2D eigenvalue weighted by Crippen LogP contribution is 2.27. The van der Waals surface area contributed by atoms with Crippen molar-refractivity contribution < 1.29 is 4.79 Å². The first-order chi connectivity index (χ1) is 7.04. The Bertz CT molecular complexity index is 218. The van der Waals surface area contributed by atoms with Gasteiger partial charge in [0.05, 0.1) is 0 Å². The lowest BCUT2D eigenvalue weighted by Crippen LogP contribution is -2.43. The average Bonchev–Trinajstić information content (AvgIpc) is 2.21. The monoisotopic (exact) mass is 212 g/mol. The maximum atomic E-state index is 11.9. The number of nitrogens with two attached hydrogens (primary N) is 1. The van der Waals surface area contributed by atoms with Gasteiger partial charge in [0.1, 0.15) is 0 Å². The van der Waals surface area contributed by atoms with Gasteiger partial charge in [-0.1, -0.05) is 13.8 Å². The van der Waals surface area contributed by atoms with Crippen molar-refractivity contribution in [1.82, 2.24) is 5.32 Å². The predicted molar refractivity (Wildman–Crippen MR) is 62.4 cm³/mol. The van der Waals surface area contributed by atoms with Gasteiger partial charge in [-0.3, -0.25) is 4.79 Å². The normalized spacial score (nSPS) is 33.5. The standard InChI is InChI=1S/C12H24N2O/c1-4-9(3)14-12(15)10-6-5-8(2)11(13)7-10/h8-11H,4-7,13H2,1-3H3,(H,14,15). The highest BCUT2D eigenvalue weighted by molar-refractivity contribution is 5.79. The molecular formula is C12H24N2O. The van der Waals surface area contributed by atoms with Crippen LogP contribution in [0.1, 0.15) is 46.5 Å². The molecule has 88 valence electrons. The van der Waals surface area contributed by atoms with Gasteiger partial charge in [0.2, 0.25) is 5.91 Å². The first-order valence-electron chi connectivity index (χ1n) is 6.10. The van der Waals surface area contributed by atoms with Gasteiger partial charge >= 0.3 is 0 Å². The molecule has 3 nitrogen and oxygen atoms in total. The highest BCUT2D eigenvalue weighted by atomic mass is 16.1. The molecule has 1 fully saturated rings. The minimum Gasteiger partial charge on any atom is -0.353 e. The van der Waals surface area contributed by atoms with Crippen molar-refractivity contribution in [2.45, 2.75) is 58.5 Å². The van der Waals surface area contributed by atoms with Gasteiger partial charge in [-0.15, -0.1) is 0 Å². The molecule has 0 bridgehead atoms. The summed E-state index contributed by atoms with van der Waals surface area (Å²) in [6.45, 7) is 6.30. The van der Waals surface area contributed by atoms with Crippen molar-refractivity contribution in [2.75, 3.05) is 0 Å². The average molecular weight is 212 g/mol. The Kier molecular flexibility index (Phi) is 4.58. The molecule has 1 amide bonds. The minimum atomic E-state index is 0.144. The van der Waals surface area contributed by atoms with Crippen LogP contribution in [-0.2, 0) is 4.79 Å². The van der Waals surface area contributed by atoms with E-state index in [1.807, 2.05) is 6.92 Å². The van der Waals surface area contributed by atoms with Gasteiger partial charge < -0.3 is 11.1 Å². The molecular weight excluding hydrogens is 188 g/mol. The predicted octanol–water partition coefficient (Wildman–Crippen LogP) is 1.66. The van der Waals surface area contributed by atoms with E-state index in [-0.39, 0.29) is 23.9 Å². The molecule has 4 unspecified atom stereocenters. The zero-order chi connectivity index (χ0) is 11.4. The van der Waals surface area contributed by atoms with Crippen molar-refractivity contribution in [3.8, 4) is 0 Å². The summed E-state index contributed by atoms with van der Waals surface area (Å²) in [4.78, 5) is 11.9. The second kappa shape index (κ2) is 5.50. The number of hydrogen-bond donors (Lipinski definition) is 2. The van der Waals surface area contributed by atoms with Gasteiger partial charge in [-0.2, -0.15) is 0 Å². The van der Waals surface area contributed by atoms with Crippen LogP contribution in [0.2, 0.25) is 0 Å². The van der Waals surface area contributed by atoms with Crippen LogP contribution in [0, 0.1) is 11.8 Å². The zero-order valence-corrected chi connectivity index (χ0v) is 10.1. The SMILES string of the molecule is CCC(C)NC(=O)C1CCC(C)C(N)C1. The molecule has 0 saturated heterocycles. The first kappa shape index (κ1) is 12.5. The van der Waals surface area contributed by atoms with Crippen LogP contribution in [0.15, 0.2) is 0 Å². The second-order valence-electron chi connectivity index (χ2n) is 4.97. The van der Waals surface area contributed by atoms with Gasteiger partial charge in [0.25, 0.3) is 0 Å². The lowest BCUT2D eigenvalue weighted by Gasteiger charge is -2.31. The zero-order valence-electron chi connectivity index (χ0n) is 10.1. The van der Waals surface area contributed by atoms with Crippen LogP contribution in [0.5, 0.6) is 0 Å².